The van der Waals surface area contributed by atoms with Crippen molar-refractivity contribution in [1.29, 1.82) is 0 Å². The number of fused-ring (bicyclic) bond motifs is 1. The minimum absolute atomic E-state index is 0. The molecule has 0 bridgehead atoms. The lowest BCUT2D eigenvalue weighted by Crippen LogP contribution is -2.49. The van der Waals surface area contributed by atoms with Gasteiger partial charge in [0.1, 0.15) is 0 Å². The first kappa shape index (κ1) is 18.2. The minimum atomic E-state index is -0.179. The van der Waals surface area contributed by atoms with Gasteiger partial charge in [-0.1, -0.05) is 56.3 Å². The highest BCUT2D eigenvalue weighted by Crippen LogP contribution is 2.41. The first-order chi connectivity index (χ1) is 10.6. The van der Waals surface area contributed by atoms with Crippen molar-refractivity contribution in [3.05, 3.63) is 48.0 Å². The molecule has 3 rings (SSSR count). The zero-order valence-corrected chi connectivity index (χ0v) is 14.8. The Morgan fingerprint density at radius 1 is 1.09 bits per heavy atom. The van der Waals surface area contributed by atoms with E-state index in [1.807, 2.05) is 0 Å². The zero-order valence-electron chi connectivity index (χ0n) is 14.0. The van der Waals surface area contributed by atoms with E-state index in [4.69, 9.17) is 0 Å². The van der Waals surface area contributed by atoms with Crippen LogP contribution in [0.15, 0.2) is 42.5 Å². The Labute approximate surface area is 145 Å². The summed E-state index contributed by atoms with van der Waals surface area (Å²) in [5.41, 5.74) is 1.15. The Hall–Kier alpha value is -1.13. The van der Waals surface area contributed by atoms with Crippen LogP contribution in [0.2, 0.25) is 0 Å². The quantitative estimate of drug-likeness (QED) is 0.901. The molecule has 0 spiro atoms. The average molecular weight is 335 g/mol. The van der Waals surface area contributed by atoms with E-state index >= 15 is 0 Å². The highest BCUT2D eigenvalue weighted by Gasteiger charge is 2.36. The van der Waals surface area contributed by atoms with Crippen molar-refractivity contribution in [2.24, 2.45) is 5.41 Å². The van der Waals surface area contributed by atoms with Crippen molar-refractivity contribution in [2.45, 2.75) is 19.9 Å². The molecule has 1 aliphatic rings. The molecule has 0 aliphatic carbocycles. The number of nitrogens with zero attached hydrogens (tertiary/aromatic N) is 1. The summed E-state index contributed by atoms with van der Waals surface area (Å²) < 4.78 is 0. The van der Waals surface area contributed by atoms with Crippen LogP contribution in [-0.2, 0) is 0 Å². The van der Waals surface area contributed by atoms with Gasteiger partial charge in [-0.05, 0) is 16.3 Å². The van der Waals surface area contributed by atoms with Crippen molar-refractivity contribution < 1.29 is 5.11 Å². The smallest absolute Gasteiger partial charge is 0.0500 e. The van der Waals surface area contributed by atoms with Crippen LogP contribution in [0.1, 0.15) is 25.5 Å². The first-order valence-electron chi connectivity index (χ1n) is 8.17. The highest BCUT2D eigenvalue weighted by molar-refractivity contribution is 5.86. The molecule has 0 aromatic heterocycles. The van der Waals surface area contributed by atoms with E-state index < -0.39 is 0 Å². The Balaban J connectivity index is 0.00000192. The molecule has 2 aromatic carbocycles. The second kappa shape index (κ2) is 7.63. The number of aliphatic hydroxyl groups is 1. The summed E-state index contributed by atoms with van der Waals surface area (Å²) in [4.78, 5) is 2.52. The van der Waals surface area contributed by atoms with Crippen molar-refractivity contribution >= 4 is 23.2 Å². The lowest BCUT2D eigenvalue weighted by atomic mass is 9.78. The third-order valence-corrected chi connectivity index (χ3v) is 4.78. The number of nitrogens with one attached hydrogen (secondary N) is 1. The summed E-state index contributed by atoms with van der Waals surface area (Å²) in [6, 6.07) is 15.3. The molecule has 23 heavy (non-hydrogen) atoms. The first-order valence-corrected chi connectivity index (χ1v) is 8.17. The minimum Gasteiger partial charge on any atom is -0.396 e. The van der Waals surface area contributed by atoms with Gasteiger partial charge in [-0.3, -0.25) is 4.90 Å². The predicted molar refractivity (Wildman–Crippen MR) is 99.2 cm³/mol. The molecule has 1 saturated heterocycles. The average Bonchev–Trinajstić information content (AvgIpc) is 2.56. The zero-order chi connectivity index (χ0) is 15.6. The number of rotatable bonds is 4. The fourth-order valence-corrected chi connectivity index (χ4v) is 3.63. The molecule has 4 heteroatoms. The van der Waals surface area contributed by atoms with Crippen LogP contribution in [0, 0.1) is 5.41 Å². The second-order valence-corrected chi connectivity index (χ2v) is 6.90. The van der Waals surface area contributed by atoms with Gasteiger partial charge < -0.3 is 10.4 Å². The number of hydrogen-bond donors (Lipinski definition) is 2. The van der Waals surface area contributed by atoms with Gasteiger partial charge in [0.2, 0.25) is 0 Å². The monoisotopic (exact) mass is 334 g/mol. The van der Waals surface area contributed by atoms with Crippen LogP contribution < -0.4 is 5.32 Å². The summed E-state index contributed by atoms with van der Waals surface area (Å²) in [6.45, 7) is 8.61. The molecule has 126 valence electrons. The van der Waals surface area contributed by atoms with Crippen LogP contribution >= 0.6 is 12.4 Å². The molecular weight excluding hydrogens is 308 g/mol. The van der Waals surface area contributed by atoms with Gasteiger partial charge in [0.15, 0.2) is 0 Å². The van der Waals surface area contributed by atoms with Gasteiger partial charge in [-0.25, -0.2) is 0 Å². The maximum Gasteiger partial charge on any atom is 0.0500 e. The van der Waals surface area contributed by atoms with E-state index in [0.29, 0.717) is 0 Å². The topological polar surface area (TPSA) is 35.5 Å². The Kier molecular flexibility index (Phi) is 6.04. The molecule has 0 saturated carbocycles. The third-order valence-electron chi connectivity index (χ3n) is 4.78. The second-order valence-electron chi connectivity index (χ2n) is 6.90. The molecule has 3 nitrogen and oxygen atoms in total. The van der Waals surface area contributed by atoms with E-state index in [2.05, 4.69) is 66.5 Å². The van der Waals surface area contributed by atoms with Crippen LogP contribution in [0.3, 0.4) is 0 Å². The standard InChI is InChI=1S/C19H26N2O.ClH/c1-19(2,14-22)18(21-12-10-20-11-13-21)17-9-5-7-15-6-3-4-8-16(15)17;/h3-9,18,20,22H,10-14H2,1-2H3;1H/t18-;/m1./s1. The van der Waals surface area contributed by atoms with Crippen LogP contribution in [0.5, 0.6) is 0 Å². The van der Waals surface area contributed by atoms with Crippen LogP contribution in [-0.4, -0.2) is 42.8 Å². The molecule has 1 fully saturated rings. The van der Waals surface area contributed by atoms with Crippen LogP contribution in [0.25, 0.3) is 10.8 Å². The van der Waals surface area contributed by atoms with Gasteiger partial charge in [-0.2, -0.15) is 0 Å². The summed E-state index contributed by atoms with van der Waals surface area (Å²) in [5, 5.41) is 16.0. The number of halogens is 1. The normalized spacial score (nSPS) is 17.7. The Morgan fingerprint density at radius 2 is 1.74 bits per heavy atom. The molecule has 2 N–H and O–H groups in total. The van der Waals surface area contributed by atoms with Crippen molar-refractivity contribution in [1.82, 2.24) is 10.2 Å². The van der Waals surface area contributed by atoms with E-state index in [1.54, 1.807) is 0 Å². The SMILES string of the molecule is CC(C)(CO)[C@@H](c1cccc2ccccc12)N1CCNCC1.Cl. The molecule has 0 amide bonds. The van der Waals surface area contributed by atoms with Gasteiger partial charge in [0, 0.05) is 44.2 Å². The van der Waals surface area contributed by atoms with Gasteiger partial charge in [-0.15, -0.1) is 12.4 Å². The van der Waals surface area contributed by atoms with Crippen molar-refractivity contribution in [3.63, 3.8) is 0 Å². The molecule has 1 heterocycles. The summed E-state index contributed by atoms with van der Waals surface area (Å²) in [5.74, 6) is 0. The maximum atomic E-state index is 9.99. The fraction of sp³-hybridized carbons (Fsp3) is 0.474. The molecule has 2 aromatic rings. The van der Waals surface area contributed by atoms with Gasteiger partial charge >= 0.3 is 0 Å². The Morgan fingerprint density at radius 3 is 2.43 bits per heavy atom. The summed E-state index contributed by atoms with van der Waals surface area (Å²) in [6.07, 6.45) is 0. The van der Waals surface area contributed by atoms with E-state index in [1.165, 1.54) is 16.3 Å². The van der Waals surface area contributed by atoms with E-state index in [9.17, 15) is 5.11 Å². The lowest BCUT2D eigenvalue weighted by molar-refractivity contribution is 0.0313. The fourth-order valence-electron chi connectivity index (χ4n) is 3.63. The maximum absolute atomic E-state index is 9.99. The van der Waals surface area contributed by atoms with Gasteiger partial charge in [0.05, 0.1) is 0 Å². The van der Waals surface area contributed by atoms with Crippen molar-refractivity contribution in [2.75, 3.05) is 32.8 Å². The number of piperazine rings is 1. The third kappa shape index (κ3) is 3.69. The molecule has 1 atom stereocenters. The molecular formula is C19H27ClN2O. The summed E-state index contributed by atoms with van der Waals surface area (Å²) >= 11 is 0. The van der Waals surface area contributed by atoms with Crippen LogP contribution in [0.4, 0.5) is 0 Å². The molecule has 1 aliphatic heterocycles. The highest BCUT2D eigenvalue weighted by atomic mass is 35.5. The van der Waals surface area contributed by atoms with E-state index in [-0.39, 0.29) is 30.5 Å². The van der Waals surface area contributed by atoms with Crippen molar-refractivity contribution in [3.8, 4) is 0 Å². The summed E-state index contributed by atoms with van der Waals surface area (Å²) in [7, 11) is 0. The van der Waals surface area contributed by atoms with E-state index in [0.717, 1.165) is 26.2 Å². The molecule has 0 unspecified atom stereocenters. The Bertz CT molecular complexity index is 633. The number of hydrogen-bond acceptors (Lipinski definition) is 3. The predicted octanol–water partition coefficient (Wildman–Crippen LogP) is 3.23. The van der Waals surface area contributed by atoms with Gasteiger partial charge in [0.25, 0.3) is 0 Å². The lowest BCUT2D eigenvalue weighted by Gasteiger charge is -2.44. The number of benzene rings is 2. The largest absolute Gasteiger partial charge is 0.396 e. The number of aliphatic hydroxyl groups excluding tert-OH is 1. The molecule has 0 radical (unpaired) electrons.